The molecular weight excluding hydrogens is 364 g/mol. The fourth-order valence-electron chi connectivity index (χ4n) is 2.80. The number of carbonyl (C=O) groups excluding carboxylic acids is 1. The lowest BCUT2D eigenvalue weighted by Crippen LogP contribution is -2.53. The van der Waals surface area contributed by atoms with E-state index in [1.165, 1.54) is 15.2 Å². The van der Waals surface area contributed by atoms with E-state index in [0.29, 0.717) is 6.42 Å². The summed E-state index contributed by atoms with van der Waals surface area (Å²) in [6.07, 6.45) is 0.426. The Hall–Kier alpha value is -2.05. The molecule has 1 aromatic heterocycles. The Labute approximate surface area is 161 Å². The number of fused-ring (bicyclic) bond motifs is 1. The van der Waals surface area contributed by atoms with Crippen LogP contribution in [-0.4, -0.2) is 35.9 Å². The number of rotatable bonds is 6. The van der Waals surface area contributed by atoms with Crippen LogP contribution in [0.1, 0.15) is 12.0 Å². The van der Waals surface area contributed by atoms with Crippen LogP contribution in [0.15, 0.2) is 53.4 Å². The Morgan fingerprint density at radius 1 is 1.23 bits per heavy atom. The minimum Gasteiger partial charge on any atom is -0.459 e. The first kappa shape index (κ1) is 17.4. The van der Waals surface area contributed by atoms with Crippen molar-refractivity contribution in [1.82, 2.24) is 4.98 Å². The van der Waals surface area contributed by atoms with Gasteiger partial charge in [0.05, 0.1) is 29.7 Å². The third-order valence-electron chi connectivity index (χ3n) is 4.30. The number of esters is 1. The molecule has 4 rings (SSSR count). The number of thiazole rings is 1. The molecule has 4 nitrogen and oxygen atoms in total. The molecular formula is C20H20N2O2S2. The van der Waals surface area contributed by atoms with Crippen LogP contribution in [0.3, 0.4) is 0 Å². The van der Waals surface area contributed by atoms with Gasteiger partial charge in [-0.2, -0.15) is 0 Å². The molecule has 1 aliphatic rings. The van der Waals surface area contributed by atoms with Crippen LogP contribution in [0, 0.1) is 6.92 Å². The van der Waals surface area contributed by atoms with Crippen molar-refractivity contribution in [3.8, 4) is 0 Å². The second-order valence-electron chi connectivity index (χ2n) is 6.39. The van der Waals surface area contributed by atoms with Gasteiger partial charge in [-0.15, -0.1) is 11.8 Å². The summed E-state index contributed by atoms with van der Waals surface area (Å²) in [6, 6.07) is 16.5. The van der Waals surface area contributed by atoms with E-state index in [2.05, 4.69) is 47.1 Å². The van der Waals surface area contributed by atoms with Crippen molar-refractivity contribution in [3.63, 3.8) is 0 Å². The Kier molecular flexibility index (Phi) is 5.13. The number of aryl methyl sites for hydroxylation is 1. The topological polar surface area (TPSA) is 42.4 Å². The molecule has 3 aromatic rings. The first-order valence-corrected chi connectivity index (χ1v) is 10.5. The summed E-state index contributed by atoms with van der Waals surface area (Å²) in [5.41, 5.74) is 2.28. The number of thioether (sulfide) groups is 1. The molecule has 0 N–H and O–H groups in total. The van der Waals surface area contributed by atoms with Gasteiger partial charge in [-0.05, 0) is 31.2 Å². The first-order chi connectivity index (χ1) is 12.7. The van der Waals surface area contributed by atoms with E-state index >= 15 is 0 Å². The van der Waals surface area contributed by atoms with Crippen molar-refractivity contribution in [3.05, 3.63) is 54.1 Å². The van der Waals surface area contributed by atoms with Crippen molar-refractivity contribution >= 4 is 44.4 Å². The first-order valence-electron chi connectivity index (χ1n) is 8.67. The molecule has 1 saturated heterocycles. The van der Waals surface area contributed by atoms with Crippen LogP contribution in [0.2, 0.25) is 0 Å². The number of benzene rings is 2. The number of hydrogen-bond acceptors (Lipinski definition) is 6. The van der Waals surface area contributed by atoms with Crippen LogP contribution >= 0.6 is 23.1 Å². The maximum atomic E-state index is 12.0. The second kappa shape index (κ2) is 7.68. The third kappa shape index (κ3) is 4.02. The number of carbonyl (C=O) groups is 1. The summed E-state index contributed by atoms with van der Waals surface area (Å²) in [5, 5.41) is 1.01. The van der Waals surface area contributed by atoms with Crippen molar-refractivity contribution in [2.45, 2.75) is 24.3 Å². The van der Waals surface area contributed by atoms with Gasteiger partial charge in [0.1, 0.15) is 6.10 Å². The highest BCUT2D eigenvalue weighted by Gasteiger charge is 2.31. The van der Waals surface area contributed by atoms with Gasteiger partial charge in [-0.3, -0.25) is 4.79 Å². The molecule has 1 fully saturated rings. The lowest BCUT2D eigenvalue weighted by atomic mass is 10.2. The van der Waals surface area contributed by atoms with Gasteiger partial charge in [0.15, 0.2) is 5.13 Å². The number of nitrogens with zero attached hydrogens (tertiary/aromatic N) is 2. The zero-order valence-electron chi connectivity index (χ0n) is 14.6. The standard InChI is InChI=1S/C20H20N2O2S2/c1-14-6-8-16(9-7-14)25-11-10-19(23)24-15-12-22(13-15)20-21-17-4-2-3-5-18(17)26-20/h2-9,15H,10-13H2,1H3. The average molecular weight is 385 g/mol. The molecule has 6 heteroatoms. The smallest absolute Gasteiger partial charge is 0.307 e. The Morgan fingerprint density at radius 3 is 2.77 bits per heavy atom. The average Bonchev–Trinajstić information content (AvgIpc) is 3.03. The highest BCUT2D eigenvalue weighted by atomic mass is 32.2. The molecule has 0 aliphatic carbocycles. The van der Waals surface area contributed by atoms with E-state index < -0.39 is 0 Å². The Bertz CT molecular complexity index is 869. The number of hydrogen-bond donors (Lipinski definition) is 0. The molecule has 0 spiro atoms. The van der Waals surface area contributed by atoms with Crippen molar-refractivity contribution in [1.29, 1.82) is 0 Å². The van der Waals surface area contributed by atoms with Crippen molar-refractivity contribution < 1.29 is 9.53 Å². The molecule has 134 valence electrons. The molecule has 0 unspecified atom stereocenters. The van der Waals surface area contributed by atoms with Crippen LogP contribution in [0.5, 0.6) is 0 Å². The molecule has 0 bridgehead atoms. The minimum atomic E-state index is -0.112. The predicted molar refractivity (Wildman–Crippen MR) is 108 cm³/mol. The van der Waals surface area contributed by atoms with Gasteiger partial charge in [0, 0.05) is 10.6 Å². The van der Waals surface area contributed by atoms with E-state index in [0.717, 1.165) is 29.5 Å². The van der Waals surface area contributed by atoms with Gasteiger partial charge in [-0.25, -0.2) is 4.98 Å². The van der Waals surface area contributed by atoms with Crippen LogP contribution in [0.25, 0.3) is 10.2 Å². The van der Waals surface area contributed by atoms with Crippen LogP contribution in [0.4, 0.5) is 5.13 Å². The van der Waals surface area contributed by atoms with E-state index in [4.69, 9.17) is 4.74 Å². The summed E-state index contributed by atoms with van der Waals surface area (Å²) in [6.45, 7) is 3.54. The quantitative estimate of drug-likeness (QED) is 0.462. The maximum Gasteiger partial charge on any atom is 0.307 e. The molecule has 0 atom stereocenters. The minimum absolute atomic E-state index is 0.0149. The largest absolute Gasteiger partial charge is 0.459 e. The second-order valence-corrected chi connectivity index (χ2v) is 8.57. The SMILES string of the molecule is Cc1ccc(SCCC(=O)OC2CN(c3nc4ccccc4s3)C2)cc1. The van der Waals surface area contributed by atoms with E-state index in [9.17, 15) is 4.79 Å². The lowest BCUT2D eigenvalue weighted by Gasteiger charge is -2.38. The highest BCUT2D eigenvalue weighted by molar-refractivity contribution is 7.99. The summed E-state index contributed by atoms with van der Waals surface area (Å²) in [4.78, 5) is 20.0. The van der Waals surface area contributed by atoms with Crippen LogP contribution in [-0.2, 0) is 9.53 Å². The zero-order chi connectivity index (χ0) is 17.9. The molecule has 2 heterocycles. The van der Waals surface area contributed by atoms with Crippen molar-refractivity contribution in [2.75, 3.05) is 23.7 Å². The summed E-state index contributed by atoms with van der Waals surface area (Å²) in [5.74, 6) is 0.634. The number of para-hydroxylation sites is 1. The number of ether oxygens (including phenoxy) is 1. The fraction of sp³-hybridized carbons (Fsp3) is 0.300. The third-order valence-corrected chi connectivity index (χ3v) is 6.41. The summed E-state index contributed by atoms with van der Waals surface area (Å²) >= 11 is 3.38. The van der Waals surface area contributed by atoms with Gasteiger partial charge in [-0.1, -0.05) is 41.2 Å². The Morgan fingerprint density at radius 2 is 2.00 bits per heavy atom. The predicted octanol–water partition coefficient (Wildman–Crippen LogP) is 4.52. The van der Waals surface area contributed by atoms with Gasteiger partial charge in [0.25, 0.3) is 0 Å². The lowest BCUT2D eigenvalue weighted by molar-refractivity contribution is -0.149. The zero-order valence-corrected chi connectivity index (χ0v) is 16.2. The maximum absolute atomic E-state index is 12.0. The fourth-order valence-corrected chi connectivity index (χ4v) is 4.61. The molecule has 0 amide bonds. The van der Waals surface area contributed by atoms with E-state index in [1.807, 2.05) is 18.2 Å². The molecule has 0 saturated carbocycles. The normalized spacial score (nSPS) is 14.4. The van der Waals surface area contributed by atoms with Crippen molar-refractivity contribution in [2.24, 2.45) is 0 Å². The van der Waals surface area contributed by atoms with Gasteiger partial charge in [0.2, 0.25) is 0 Å². The Balaban J connectivity index is 1.20. The summed E-state index contributed by atoms with van der Waals surface area (Å²) < 4.78 is 6.74. The van der Waals surface area contributed by atoms with E-state index in [1.54, 1.807) is 23.1 Å². The highest BCUT2D eigenvalue weighted by Crippen LogP contribution is 2.31. The molecule has 2 aromatic carbocycles. The number of aromatic nitrogens is 1. The molecule has 0 radical (unpaired) electrons. The van der Waals surface area contributed by atoms with E-state index in [-0.39, 0.29) is 12.1 Å². The molecule has 1 aliphatic heterocycles. The van der Waals surface area contributed by atoms with Crippen LogP contribution < -0.4 is 4.90 Å². The monoisotopic (exact) mass is 384 g/mol. The van der Waals surface area contributed by atoms with Gasteiger partial charge < -0.3 is 9.64 Å². The number of anilines is 1. The van der Waals surface area contributed by atoms with Gasteiger partial charge >= 0.3 is 5.97 Å². The molecule has 26 heavy (non-hydrogen) atoms. The summed E-state index contributed by atoms with van der Waals surface area (Å²) in [7, 11) is 0.